The van der Waals surface area contributed by atoms with Gasteiger partial charge in [-0.2, -0.15) is 4.31 Å². The first kappa shape index (κ1) is 20.3. The van der Waals surface area contributed by atoms with E-state index in [0.717, 1.165) is 22.0 Å². The lowest BCUT2D eigenvalue weighted by Crippen LogP contribution is -2.50. The topological polar surface area (TPSA) is 66.9 Å². The Morgan fingerprint density at radius 2 is 1.68 bits per heavy atom. The number of hydrogen-bond donors (Lipinski definition) is 0. The lowest BCUT2D eigenvalue weighted by molar-refractivity contribution is 0.136. The van der Waals surface area contributed by atoms with Gasteiger partial charge in [0.25, 0.3) is 0 Å². The molecule has 0 bridgehead atoms. The molecule has 0 atom stereocenters. The van der Waals surface area contributed by atoms with Gasteiger partial charge in [0.1, 0.15) is 6.61 Å². The summed E-state index contributed by atoms with van der Waals surface area (Å²) in [6, 6.07) is 18.2. The van der Waals surface area contributed by atoms with Crippen molar-refractivity contribution in [3.63, 3.8) is 0 Å². The van der Waals surface area contributed by atoms with E-state index in [1.165, 1.54) is 4.31 Å². The molecule has 2 aliphatic rings. The number of amides is 1. The standard InChI is InChI=1S/C23H21ClN2O4S/c24-19-6-8-22-18(13-19)15-30-23(27)26(22)20-9-11-25(12-10-20)31(28,29)21-7-5-16-3-1-2-4-17(16)14-21/h1-8,13-14,20H,9-12,15H2. The molecule has 0 saturated carbocycles. The zero-order chi connectivity index (χ0) is 21.6. The van der Waals surface area contributed by atoms with Crippen LogP contribution in [0.1, 0.15) is 18.4 Å². The molecule has 3 aromatic carbocycles. The highest BCUT2D eigenvalue weighted by Crippen LogP contribution is 2.34. The molecule has 3 aromatic rings. The Morgan fingerprint density at radius 3 is 2.45 bits per heavy atom. The maximum Gasteiger partial charge on any atom is 0.414 e. The second-order valence-corrected chi connectivity index (χ2v) is 10.2. The smallest absolute Gasteiger partial charge is 0.414 e. The Kier molecular flexibility index (Phi) is 5.12. The number of cyclic esters (lactones) is 1. The molecule has 1 fully saturated rings. The van der Waals surface area contributed by atoms with Crippen LogP contribution in [0.2, 0.25) is 5.02 Å². The molecule has 0 unspecified atom stereocenters. The van der Waals surface area contributed by atoms with Gasteiger partial charge in [0.05, 0.1) is 10.6 Å². The van der Waals surface area contributed by atoms with Gasteiger partial charge < -0.3 is 4.74 Å². The Bertz CT molecular complexity index is 1270. The molecular formula is C23H21ClN2O4S. The van der Waals surface area contributed by atoms with Crippen molar-refractivity contribution in [2.24, 2.45) is 0 Å². The van der Waals surface area contributed by atoms with Crippen LogP contribution in [0, 0.1) is 0 Å². The minimum Gasteiger partial charge on any atom is -0.444 e. The average Bonchev–Trinajstić information content (AvgIpc) is 2.79. The highest BCUT2D eigenvalue weighted by molar-refractivity contribution is 7.89. The average molecular weight is 457 g/mol. The van der Waals surface area contributed by atoms with E-state index in [-0.39, 0.29) is 12.6 Å². The number of carbonyl (C=O) groups is 1. The van der Waals surface area contributed by atoms with Crippen LogP contribution in [-0.4, -0.2) is 37.9 Å². The van der Waals surface area contributed by atoms with E-state index in [2.05, 4.69) is 0 Å². The predicted octanol–water partition coefficient (Wildman–Crippen LogP) is 4.80. The van der Waals surface area contributed by atoms with Crippen molar-refractivity contribution < 1.29 is 17.9 Å². The van der Waals surface area contributed by atoms with Gasteiger partial charge in [0, 0.05) is 29.7 Å². The highest BCUT2D eigenvalue weighted by atomic mass is 35.5. The van der Waals surface area contributed by atoms with Crippen molar-refractivity contribution in [2.45, 2.75) is 30.4 Å². The van der Waals surface area contributed by atoms with Gasteiger partial charge in [-0.15, -0.1) is 0 Å². The Balaban J connectivity index is 1.36. The third-order valence-corrected chi connectivity index (χ3v) is 8.13. The molecule has 2 heterocycles. The molecule has 5 rings (SSSR count). The number of anilines is 1. The third-order valence-electron chi connectivity index (χ3n) is 6.00. The Labute approximate surface area is 186 Å². The second kappa shape index (κ2) is 7.82. The fourth-order valence-corrected chi connectivity index (χ4v) is 6.08. The molecule has 31 heavy (non-hydrogen) atoms. The van der Waals surface area contributed by atoms with Gasteiger partial charge in [-0.3, -0.25) is 4.90 Å². The fourth-order valence-electron chi connectivity index (χ4n) is 4.38. The summed E-state index contributed by atoms with van der Waals surface area (Å²) >= 11 is 6.08. The van der Waals surface area contributed by atoms with Gasteiger partial charge in [-0.1, -0.05) is 41.9 Å². The first-order valence-electron chi connectivity index (χ1n) is 10.2. The van der Waals surface area contributed by atoms with E-state index < -0.39 is 16.1 Å². The van der Waals surface area contributed by atoms with Gasteiger partial charge >= 0.3 is 6.09 Å². The van der Waals surface area contributed by atoms with Crippen molar-refractivity contribution in [3.8, 4) is 0 Å². The van der Waals surface area contributed by atoms with Crippen LogP contribution in [-0.2, 0) is 21.4 Å². The van der Waals surface area contributed by atoms with E-state index in [1.807, 2.05) is 36.4 Å². The van der Waals surface area contributed by atoms with Crippen molar-refractivity contribution in [1.29, 1.82) is 0 Å². The maximum absolute atomic E-state index is 13.2. The van der Waals surface area contributed by atoms with Crippen LogP contribution in [0.25, 0.3) is 10.8 Å². The third kappa shape index (κ3) is 3.67. The molecule has 6 nitrogen and oxygen atoms in total. The monoisotopic (exact) mass is 456 g/mol. The number of hydrogen-bond acceptors (Lipinski definition) is 4. The van der Waals surface area contributed by atoms with E-state index in [4.69, 9.17) is 16.3 Å². The summed E-state index contributed by atoms with van der Waals surface area (Å²) in [7, 11) is -3.61. The lowest BCUT2D eigenvalue weighted by Gasteiger charge is -2.39. The molecule has 0 radical (unpaired) electrons. The molecule has 2 aliphatic heterocycles. The summed E-state index contributed by atoms with van der Waals surface area (Å²) in [5.41, 5.74) is 1.65. The van der Waals surface area contributed by atoms with Crippen molar-refractivity contribution >= 4 is 44.2 Å². The number of nitrogens with zero attached hydrogens (tertiary/aromatic N) is 2. The van der Waals surface area contributed by atoms with Crippen molar-refractivity contribution in [2.75, 3.05) is 18.0 Å². The summed E-state index contributed by atoms with van der Waals surface area (Å²) in [4.78, 5) is 14.4. The highest BCUT2D eigenvalue weighted by Gasteiger charge is 2.37. The van der Waals surface area contributed by atoms with Crippen LogP contribution in [0.5, 0.6) is 0 Å². The molecule has 1 saturated heterocycles. The zero-order valence-corrected chi connectivity index (χ0v) is 18.3. The number of rotatable bonds is 3. The van der Waals surface area contributed by atoms with Gasteiger partial charge in [0.2, 0.25) is 10.0 Å². The SMILES string of the molecule is O=C1OCc2cc(Cl)ccc2N1C1CCN(S(=O)(=O)c2ccc3ccccc3c2)CC1. The number of carbonyl (C=O) groups excluding carboxylic acids is 1. The first-order valence-corrected chi connectivity index (χ1v) is 12.0. The molecule has 8 heteroatoms. The molecular weight excluding hydrogens is 436 g/mol. The van der Waals surface area contributed by atoms with Crippen molar-refractivity contribution in [3.05, 3.63) is 71.2 Å². The number of halogens is 1. The number of benzene rings is 3. The predicted molar refractivity (Wildman–Crippen MR) is 120 cm³/mol. The van der Waals surface area contributed by atoms with Gasteiger partial charge in [0.15, 0.2) is 0 Å². The zero-order valence-electron chi connectivity index (χ0n) is 16.7. The summed E-state index contributed by atoms with van der Waals surface area (Å²) < 4.78 is 33.3. The molecule has 0 N–H and O–H groups in total. The number of ether oxygens (including phenoxy) is 1. The maximum atomic E-state index is 13.2. The minimum absolute atomic E-state index is 0.129. The molecule has 0 aliphatic carbocycles. The minimum atomic E-state index is -3.61. The Hall–Kier alpha value is -2.61. The molecule has 1 amide bonds. The van der Waals surface area contributed by atoms with Gasteiger partial charge in [-0.05, 0) is 53.9 Å². The van der Waals surface area contributed by atoms with Gasteiger partial charge in [-0.25, -0.2) is 13.2 Å². The van der Waals surface area contributed by atoms with Crippen molar-refractivity contribution in [1.82, 2.24) is 4.31 Å². The quantitative estimate of drug-likeness (QED) is 0.567. The van der Waals surface area contributed by atoms with E-state index >= 15 is 0 Å². The normalized spacial score (nSPS) is 18.1. The molecule has 0 aromatic heterocycles. The van der Waals surface area contributed by atoms with E-state index in [1.54, 1.807) is 29.2 Å². The molecule has 0 spiro atoms. The summed E-state index contributed by atoms with van der Waals surface area (Å²) in [5.74, 6) is 0. The summed E-state index contributed by atoms with van der Waals surface area (Å²) in [6.45, 7) is 0.874. The first-order chi connectivity index (χ1) is 14.9. The fraction of sp³-hybridized carbons (Fsp3) is 0.261. The largest absolute Gasteiger partial charge is 0.444 e. The van der Waals surface area contributed by atoms with Crippen LogP contribution in [0.15, 0.2) is 65.6 Å². The molecule has 160 valence electrons. The summed E-state index contributed by atoms with van der Waals surface area (Å²) in [6.07, 6.45) is 0.666. The van der Waals surface area contributed by atoms with Crippen LogP contribution < -0.4 is 4.90 Å². The van der Waals surface area contributed by atoms with E-state index in [9.17, 15) is 13.2 Å². The number of piperidine rings is 1. The number of fused-ring (bicyclic) bond motifs is 2. The van der Waals surface area contributed by atoms with E-state index in [0.29, 0.717) is 35.8 Å². The van der Waals surface area contributed by atoms with Crippen LogP contribution in [0.3, 0.4) is 0 Å². The lowest BCUT2D eigenvalue weighted by atomic mass is 10.0. The van der Waals surface area contributed by atoms with Crippen LogP contribution >= 0.6 is 11.6 Å². The summed E-state index contributed by atoms with van der Waals surface area (Å²) in [5, 5.41) is 2.49. The number of sulfonamides is 1. The second-order valence-electron chi connectivity index (χ2n) is 7.84. The Morgan fingerprint density at radius 1 is 0.935 bits per heavy atom. The van der Waals surface area contributed by atoms with Crippen LogP contribution in [0.4, 0.5) is 10.5 Å².